The van der Waals surface area contributed by atoms with Crippen LogP contribution in [-0.2, 0) is 6.54 Å². The van der Waals surface area contributed by atoms with Gasteiger partial charge in [0.1, 0.15) is 0 Å². The van der Waals surface area contributed by atoms with E-state index < -0.39 is 0 Å². The first-order valence-corrected chi connectivity index (χ1v) is 10.8. The smallest absolute Gasteiger partial charge is 0.227 e. The summed E-state index contributed by atoms with van der Waals surface area (Å²) in [6.45, 7) is 12.9. The van der Waals surface area contributed by atoms with Gasteiger partial charge in [-0.25, -0.2) is 4.99 Å². The van der Waals surface area contributed by atoms with Crippen molar-refractivity contribution in [3.05, 3.63) is 46.7 Å². The van der Waals surface area contributed by atoms with Gasteiger partial charge in [0.2, 0.25) is 5.62 Å². The number of aromatic nitrogens is 4. The van der Waals surface area contributed by atoms with Crippen LogP contribution in [0.15, 0.2) is 29.3 Å². The predicted molar refractivity (Wildman–Crippen MR) is 124 cm³/mol. The second kappa shape index (κ2) is 9.43. The number of carbonyl (C=O) groups is 1. The molecule has 1 unspecified atom stereocenters. The topological polar surface area (TPSA) is 114 Å². The van der Waals surface area contributed by atoms with E-state index in [0.717, 1.165) is 22.3 Å². The van der Waals surface area contributed by atoms with Gasteiger partial charge in [-0.15, -0.1) is 0 Å². The molecule has 8 heteroatoms. The molecule has 2 aromatic heterocycles. The molecule has 0 aliphatic carbocycles. The van der Waals surface area contributed by atoms with Crippen LogP contribution in [0.1, 0.15) is 75.1 Å². The number of hydrogen-bond donors (Lipinski definition) is 3. The monoisotopic (exact) mass is 423 g/mol. The summed E-state index contributed by atoms with van der Waals surface area (Å²) >= 11 is 0. The molecular formula is C23H33N7O. The lowest BCUT2D eigenvalue weighted by Crippen LogP contribution is -2.30. The fraction of sp³-hybridized carbons (Fsp3) is 0.478. The summed E-state index contributed by atoms with van der Waals surface area (Å²) in [5.74, 6) is 0.928. The van der Waals surface area contributed by atoms with Crippen LogP contribution >= 0.6 is 0 Å². The summed E-state index contributed by atoms with van der Waals surface area (Å²) in [5.41, 5.74) is 11.0. The van der Waals surface area contributed by atoms with Crippen molar-refractivity contribution in [2.75, 3.05) is 11.9 Å². The van der Waals surface area contributed by atoms with Gasteiger partial charge < -0.3 is 15.6 Å². The Morgan fingerprint density at radius 1 is 1.23 bits per heavy atom. The number of carbonyl (C=O) groups excluding carboxylic acids is 1. The third kappa shape index (κ3) is 4.85. The molecular weight excluding hydrogens is 390 g/mol. The number of aromatic amines is 1. The van der Waals surface area contributed by atoms with E-state index in [0.29, 0.717) is 30.1 Å². The van der Waals surface area contributed by atoms with E-state index in [1.165, 1.54) is 0 Å². The number of H-pyrrole nitrogens is 1. The Bertz CT molecular complexity index is 1140. The van der Waals surface area contributed by atoms with Gasteiger partial charge in [-0.1, -0.05) is 38.1 Å². The fourth-order valence-electron chi connectivity index (χ4n) is 3.61. The van der Waals surface area contributed by atoms with Crippen molar-refractivity contribution in [3.63, 3.8) is 0 Å². The molecule has 2 heterocycles. The number of nitrogens with one attached hydrogen (secondary N) is 2. The minimum Gasteiger partial charge on any atom is -0.364 e. The Balaban J connectivity index is 2.17. The maximum Gasteiger partial charge on any atom is 0.227 e. The molecule has 0 aliphatic heterocycles. The van der Waals surface area contributed by atoms with Crippen LogP contribution in [0.25, 0.3) is 11.0 Å². The number of hydrogen-bond acceptors (Lipinski definition) is 6. The van der Waals surface area contributed by atoms with E-state index in [4.69, 9.17) is 15.7 Å². The first-order valence-electron chi connectivity index (χ1n) is 10.8. The van der Waals surface area contributed by atoms with Gasteiger partial charge in [0, 0.05) is 24.2 Å². The molecule has 4 N–H and O–H groups in total. The molecule has 166 valence electrons. The van der Waals surface area contributed by atoms with Crippen LogP contribution in [0, 0.1) is 0 Å². The number of nitrogens with zero attached hydrogens (tertiary/aromatic N) is 4. The van der Waals surface area contributed by atoms with Crippen molar-refractivity contribution in [1.82, 2.24) is 19.7 Å². The number of anilines is 1. The van der Waals surface area contributed by atoms with Gasteiger partial charge in [0.05, 0.1) is 17.8 Å². The Morgan fingerprint density at radius 2 is 1.94 bits per heavy atom. The van der Waals surface area contributed by atoms with Crippen molar-refractivity contribution >= 4 is 22.6 Å². The zero-order chi connectivity index (χ0) is 22.7. The maximum atomic E-state index is 12.0. The van der Waals surface area contributed by atoms with Crippen molar-refractivity contribution in [2.24, 2.45) is 10.7 Å². The normalized spacial score (nSPS) is 13.4. The Kier molecular flexibility index (Phi) is 6.90. The highest BCUT2D eigenvalue weighted by atomic mass is 16.1. The van der Waals surface area contributed by atoms with Crippen LogP contribution < -0.4 is 16.7 Å². The molecule has 31 heavy (non-hydrogen) atoms. The predicted octanol–water partition coefficient (Wildman–Crippen LogP) is 3.53. The standard InChI is InChI=1S/C23H33N7O/c1-13(2)19-21-20(29-28-19)22(25-12-17-9-7-8-10-18(17)16(6)31)27-23(26-11-15(5)24)30(21)14(3)4/h7-10,13-15H,11-12,24H2,1-6H3,(H,28,29)(H,25,26,27). The molecule has 0 amide bonds. The maximum absolute atomic E-state index is 12.0. The number of nitrogens with two attached hydrogens (primary N) is 1. The number of Topliss-reactive ketones (excluding diaryl/α,β-unsaturated/α-hetero) is 1. The van der Waals surface area contributed by atoms with Crippen LogP contribution in [0.4, 0.5) is 5.82 Å². The zero-order valence-electron chi connectivity index (χ0n) is 19.2. The number of ketones is 1. The highest BCUT2D eigenvalue weighted by Crippen LogP contribution is 2.27. The van der Waals surface area contributed by atoms with E-state index in [1.807, 2.05) is 31.2 Å². The largest absolute Gasteiger partial charge is 0.364 e. The van der Waals surface area contributed by atoms with Crippen molar-refractivity contribution in [1.29, 1.82) is 0 Å². The molecule has 0 spiro atoms. The molecule has 0 aliphatic rings. The SMILES string of the molecule is CC(=O)c1ccccc1CNc1nc(=NCC(C)N)n(C(C)C)c2c(C(C)C)[nH]nc12. The average molecular weight is 424 g/mol. The minimum atomic E-state index is -0.0640. The molecule has 0 saturated carbocycles. The van der Waals surface area contributed by atoms with E-state index in [9.17, 15) is 4.79 Å². The first kappa shape index (κ1) is 22.7. The molecule has 0 fully saturated rings. The molecule has 0 saturated heterocycles. The number of benzene rings is 1. The molecule has 3 rings (SSSR count). The van der Waals surface area contributed by atoms with E-state index in [2.05, 4.69) is 47.8 Å². The average Bonchev–Trinajstić information content (AvgIpc) is 3.15. The summed E-state index contributed by atoms with van der Waals surface area (Å²) in [6, 6.07) is 7.67. The second-order valence-electron chi connectivity index (χ2n) is 8.60. The third-order valence-electron chi connectivity index (χ3n) is 5.12. The first-order chi connectivity index (χ1) is 14.7. The van der Waals surface area contributed by atoms with E-state index in [1.54, 1.807) is 6.92 Å². The van der Waals surface area contributed by atoms with Crippen LogP contribution in [-0.4, -0.2) is 38.1 Å². The highest BCUT2D eigenvalue weighted by molar-refractivity contribution is 5.95. The van der Waals surface area contributed by atoms with Crippen LogP contribution in [0.5, 0.6) is 0 Å². The lowest BCUT2D eigenvalue weighted by Gasteiger charge is -2.18. The molecule has 1 atom stereocenters. The fourth-order valence-corrected chi connectivity index (χ4v) is 3.61. The van der Waals surface area contributed by atoms with E-state index >= 15 is 0 Å². The van der Waals surface area contributed by atoms with Gasteiger partial charge in [0.15, 0.2) is 17.1 Å². The van der Waals surface area contributed by atoms with Gasteiger partial charge >= 0.3 is 0 Å². The van der Waals surface area contributed by atoms with Crippen LogP contribution in [0.2, 0.25) is 0 Å². The number of fused-ring (bicyclic) bond motifs is 1. The third-order valence-corrected chi connectivity index (χ3v) is 5.12. The lowest BCUT2D eigenvalue weighted by atomic mass is 10.0. The Labute approximate surface area is 183 Å². The van der Waals surface area contributed by atoms with Gasteiger partial charge in [-0.2, -0.15) is 10.1 Å². The molecule has 0 bridgehead atoms. The summed E-state index contributed by atoms with van der Waals surface area (Å²) in [6.07, 6.45) is 0. The van der Waals surface area contributed by atoms with Crippen LogP contribution in [0.3, 0.4) is 0 Å². The molecule has 1 aromatic carbocycles. The Morgan fingerprint density at radius 3 is 2.55 bits per heavy atom. The zero-order valence-corrected chi connectivity index (χ0v) is 19.2. The molecule has 0 radical (unpaired) electrons. The molecule has 3 aromatic rings. The highest BCUT2D eigenvalue weighted by Gasteiger charge is 2.20. The summed E-state index contributed by atoms with van der Waals surface area (Å²) in [5, 5.41) is 11.2. The van der Waals surface area contributed by atoms with Gasteiger partial charge in [0.25, 0.3) is 0 Å². The minimum absolute atomic E-state index is 0.0377. The lowest BCUT2D eigenvalue weighted by molar-refractivity contribution is 0.101. The summed E-state index contributed by atoms with van der Waals surface area (Å²) in [7, 11) is 0. The number of rotatable bonds is 8. The van der Waals surface area contributed by atoms with Crippen molar-refractivity contribution in [2.45, 2.75) is 66.1 Å². The van der Waals surface area contributed by atoms with Gasteiger partial charge in [-0.3, -0.25) is 9.89 Å². The molecule has 8 nitrogen and oxygen atoms in total. The Hall–Kier alpha value is -3.00. The quantitative estimate of drug-likeness (QED) is 0.480. The van der Waals surface area contributed by atoms with Crippen molar-refractivity contribution in [3.8, 4) is 0 Å². The van der Waals surface area contributed by atoms with E-state index in [-0.39, 0.29) is 23.8 Å². The van der Waals surface area contributed by atoms with Gasteiger partial charge in [-0.05, 0) is 39.2 Å². The van der Waals surface area contributed by atoms with Crippen molar-refractivity contribution < 1.29 is 4.79 Å². The second-order valence-corrected chi connectivity index (χ2v) is 8.60. The summed E-state index contributed by atoms with van der Waals surface area (Å²) in [4.78, 5) is 21.5. The summed E-state index contributed by atoms with van der Waals surface area (Å²) < 4.78 is 2.12.